The highest BCUT2D eigenvalue weighted by Gasteiger charge is 2.28. The molecule has 0 bridgehead atoms. The number of anilines is 3. The molecule has 0 unspecified atom stereocenters. The standard InChI is InChI=1S/C27H29FN4O4S/c1-19-8-10-23(29)22(16-19)27(34)32(21-6-4-3-5-7-21)18-26(33)31-14-12-30(13-15-31)24-11-9-20(28)17-25(24)37(2,35)36/h3-11,16-17H,12-15,18,29H2,1-2H3. The van der Waals surface area contributed by atoms with Gasteiger partial charge in [0.15, 0.2) is 9.84 Å². The average molecular weight is 525 g/mol. The lowest BCUT2D eigenvalue weighted by molar-refractivity contribution is -0.129. The predicted octanol–water partition coefficient (Wildman–Crippen LogP) is 3.12. The van der Waals surface area contributed by atoms with Crippen LogP contribution >= 0.6 is 0 Å². The minimum absolute atomic E-state index is 0.0798. The Labute approximate surface area is 216 Å². The zero-order chi connectivity index (χ0) is 26.7. The van der Waals surface area contributed by atoms with Crippen LogP contribution in [0.5, 0.6) is 0 Å². The second-order valence-corrected chi connectivity index (χ2v) is 11.1. The molecule has 0 spiro atoms. The molecule has 4 rings (SSSR count). The molecular weight excluding hydrogens is 495 g/mol. The van der Waals surface area contributed by atoms with Crippen molar-refractivity contribution in [2.75, 3.05) is 54.5 Å². The van der Waals surface area contributed by atoms with Crippen LogP contribution < -0.4 is 15.5 Å². The van der Waals surface area contributed by atoms with Crippen molar-refractivity contribution in [3.8, 4) is 0 Å². The second kappa shape index (κ2) is 10.6. The number of sulfone groups is 1. The van der Waals surface area contributed by atoms with Gasteiger partial charge in [-0.05, 0) is 49.4 Å². The van der Waals surface area contributed by atoms with Gasteiger partial charge in [-0.25, -0.2) is 12.8 Å². The van der Waals surface area contributed by atoms with E-state index in [1.807, 2.05) is 24.0 Å². The van der Waals surface area contributed by atoms with Crippen molar-refractivity contribution < 1.29 is 22.4 Å². The van der Waals surface area contributed by atoms with Gasteiger partial charge in [-0.1, -0.05) is 29.8 Å². The number of carbonyl (C=O) groups excluding carboxylic acids is 2. The van der Waals surface area contributed by atoms with E-state index in [0.29, 0.717) is 48.8 Å². The van der Waals surface area contributed by atoms with Crippen LogP contribution in [0.25, 0.3) is 0 Å². The molecule has 1 saturated heterocycles. The number of benzene rings is 3. The molecule has 1 aliphatic rings. The number of nitrogens with two attached hydrogens (primary N) is 1. The quantitative estimate of drug-likeness (QED) is 0.497. The number of halogens is 1. The molecule has 1 fully saturated rings. The van der Waals surface area contributed by atoms with Crippen molar-refractivity contribution in [2.45, 2.75) is 11.8 Å². The van der Waals surface area contributed by atoms with E-state index in [1.165, 1.54) is 17.0 Å². The summed E-state index contributed by atoms with van der Waals surface area (Å²) in [7, 11) is -3.64. The zero-order valence-corrected chi connectivity index (χ0v) is 21.5. The van der Waals surface area contributed by atoms with E-state index in [-0.39, 0.29) is 23.3 Å². The Hall–Kier alpha value is -3.92. The summed E-state index contributed by atoms with van der Waals surface area (Å²) in [5.74, 6) is -1.24. The summed E-state index contributed by atoms with van der Waals surface area (Å²) < 4.78 is 38.1. The van der Waals surface area contributed by atoms with Crippen molar-refractivity contribution in [1.82, 2.24) is 4.90 Å². The molecule has 0 aromatic heterocycles. The fraction of sp³-hybridized carbons (Fsp3) is 0.259. The molecule has 0 aliphatic carbocycles. The van der Waals surface area contributed by atoms with E-state index in [9.17, 15) is 22.4 Å². The molecule has 10 heteroatoms. The van der Waals surface area contributed by atoms with Gasteiger partial charge in [0.25, 0.3) is 5.91 Å². The molecule has 1 heterocycles. The van der Waals surface area contributed by atoms with Gasteiger partial charge < -0.3 is 15.5 Å². The van der Waals surface area contributed by atoms with Crippen molar-refractivity contribution >= 4 is 38.7 Å². The third kappa shape index (κ3) is 5.91. The number of hydrogen-bond acceptors (Lipinski definition) is 6. The molecule has 0 atom stereocenters. The summed E-state index contributed by atoms with van der Waals surface area (Å²) in [4.78, 5) is 31.6. The van der Waals surface area contributed by atoms with Gasteiger partial charge in [0.05, 0.1) is 16.1 Å². The molecule has 3 aromatic rings. The molecule has 2 N–H and O–H groups in total. The van der Waals surface area contributed by atoms with Crippen LogP contribution in [0.3, 0.4) is 0 Å². The van der Waals surface area contributed by atoms with Crippen molar-refractivity contribution in [3.05, 3.63) is 83.7 Å². The molecule has 37 heavy (non-hydrogen) atoms. The highest BCUT2D eigenvalue weighted by molar-refractivity contribution is 7.90. The number of amides is 2. The fourth-order valence-corrected chi connectivity index (χ4v) is 5.27. The highest BCUT2D eigenvalue weighted by Crippen LogP contribution is 2.28. The summed E-state index contributed by atoms with van der Waals surface area (Å²) in [6.07, 6.45) is 1.04. The van der Waals surface area contributed by atoms with E-state index in [0.717, 1.165) is 17.9 Å². The Balaban J connectivity index is 1.52. The maximum atomic E-state index is 13.7. The van der Waals surface area contributed by atoms with Gasteiger partial charge in [-0.15, -0.1) is 0 Å². The molecule has 194 valence electrons. The SMILES string of the molecule is Cc1ccc(N)c(C(=O)N(CC(=O)N2CCN(c3ccc(F)cc3S(C)(=O)=O)CC2)c2ccccc2)c1. The summed E-state index contributed by atoms with van der Waals surface area (Å²) in [5, 5.41) is 0. The third-order valence-corrected chi connectivity index (χ3v) is 7.47. The van der Waals surface area contributed by atoms with Crippen LogP contribution in [0.15, 0.2) is 71.6 Å². The van der Waals surface area contributed by atoms with Crippen molar-refractivity contribution in [1.29, 1.82) is 0 Å². The fourth-order valence-electron chi connectivity index (χ4n) is 4.37. The maximum Gasteiger partial charge on any atom is 0.260 e. The first-order chi connectivity index (χ1) is 17.5. The van der Waals surface area contributed by atoms with Gasteiger partial charge >= 0.3 is 0 Å². The van der Waals surface area contributed by atoms with E-state index >= 15 is 0 Å². The molecule has 0 radical (unpaired) electrons. The number of hydrogen-bond donors (Lipinski definition) is 1. The van der Waals surface area contributed by atoms with Gasteiger partial charge in [-0.3, -0.25) is 14.5 Å². The van der Waals surface area contributed by atoms with E-state index in [1.54, 1.807) is 41.3 Å². The van der Waals surface area contributed by atoms with Crippen LogP contribution in [0.2, 0.25) is 0 Å². The molecule has 0 saturated carbocycles. The summed E-state index contributed by atoms with van der Waals surface area (Å²) in [6, 6.07) is 17.8. The Kier molecular flexibility index (Phi) is 7.49. The smallest absolute Gasteiger partial charge is 0.260 e. The highest BCUT2D eigenvalue weighted by atomic mass is 32.2. The topological polar surface area (TPSA) is 104 Å². The predicted molar refractivity (Wildman–Crippen MR) is 142 cm³/mol. The van der Waals surface area contributed by atoms with Gasteiger partial charge in [0.2, 0.25) is 5.91 Å². The van der Waals surface area contributed by atoms with Gasteiger partial charge in [0, 0.05) is 43.8 Å². The van der Waals surface area contributed by atoms with Crippen LogP contribution in [0.1, 0.15) is 15.9 Å². The first kappa shape index (κ1) is 26.2. The molecular formula is C27H29FN4O4S. The molecule has 3 aromatic carbocycles. The van der Waals surface area contributed by atoms with E-state index < -0.39 is 15.7 Å². The van der Waals surface area contributed by atoms with E-state index in [2.05, 4.69) is 0 Å². The normalized spacial score (nSPS) is 13.9. The lowest BCUT2D eigenvalue weighted by Crippen LogP contribution is -2.52. The summed E-state index contributed by atoms with van der Waals surface area (Å²) in [6.45, 7) is 3.06. The molecule has 8 nitrogen and oxygen atoms in total. The number of nitrogen functional groups attached to an aromatic ring is 1. The summed E-state index contributed by atoms with van der Waals surface area (Å²) >= 11 is 0. The maximum absolute atomic E-state index is 13.7. The van der Waals surface area contributed by atoms with E-state index in [4.69, 9.17) is 5.73 Å². The second-order valence-electron chi connectivity index (χ2n) is 9.07. The number of piperazine rings is 1. The first-order valence-corrected chi connectivity index (χ1v) is 13.7. The van der Waals surface area contributed by atoms with Crippen LogP contribution in [-0.2, 0) is 14.6 Å². The van der Waals surface area contributed by atoms with Gasteiger partial charge in [0.1, 0.15) is 12.4 Å². The third-order valence-electron chi connectivity index (χ3n) is 6.34. The van der Waals surface area contributed by atoms with Crippen molar-refractivity contribution in [2.24, 2.45) is 0 Å². The Morgan fingerprint density at radius 2 is 1.65 bits per heavy atom. The van der Waals surface area contributed by atoms with Crippen molar-refractivity contribution in [3.63, 3.8) is 0 Å². The summed E-state index contributed by atoms with van der Waals surface area (Å²) in [5.41, 5.74) is 8.60. The lowest BCUT2D eigenvalue weighted by Gasteiger charge is -2.37. The van der Waals surface area contributed by atoms with Crippen LogP contribution in [0.4, 0.5) is 21.5 Å². The number of nitrogens with zero attached hydrogens (tertiary/aromatic N) is 3. The monoisotopic (exact) mass is 524 g/mol. The zero-order valence-electron chi connectivity index (χ0n) is 20.7. The average Bonchev–Trinajstić information content (AvgIpc) is 2.88. The minimum atomic E-state index is -3.64. The van der Waals surface area contributed by atoms with Crippen LogP contribution in [0, 0.1) is 12.7 Å². The minimum Gasteiger partial charge on any atom is -0.398 e. The molecule has 1 aliphatic heterocycles. The first-order valence-electron chi connectivity index (χ1n) is 11.8. The number of rotatable bonds is 6. The number of aryl methyl sites for hydroxylation is 1. The number of para-hydroxylation sites is 1. The Bertz CT molecular complexity index is 1420. The largest absolute Gasteiger partial charge is 0.398 e. The lowest BCUT2D eigenvalue weighted by atomic mass is 10.1. The van der Waals surface area contributed by atoms with Crippen LogP contribution in [-0.4, -0.2) is 64.1 Å². The van der Waals surface area contributed by atoms with Gasteiger partial charge in [-0.2, -0.15) is 0 Å². The molecule has 2 amide bonds. The Morgan fingerprint density at radius 1 is 0.973 bits per heavy atom. The number of carbonyl (C=O) groups is 2. The Morgan fingerprint density at radius 3 is 2.30 bits per heavy atom.